The topological polar surface area (TPSA) is 113 Å². The van der Waals surface area contributed by atoms with E-state index in [2.05, 4.69) is 44.0 Å². The highest BCUT2D eigenvalue weighted by Gasteiger charge is 2.23. The van der Waals surface area contributed by atoms with Crippen molar-refractivity contribution in [3.05, 3.63) is 66.2 Å². The van der Waals surface area contributed by atoms with Crippen LogP contribution in [0.5, 0.6) is 0 Å². The Morgan fingerprint density at radius 3 is 2.47 bits per heavy atom. The fourth-order valence-corrected chi connectivity index (χ4v) is 5.80. The molecule has 0 unspecified atom stereocenters. The van der Waals surface area contributed by atoms with Crippen LogP contribution >= 0.6 is 0 Å². The SMILES string of the molecule is Cc1cc(-c2ccc(NS(=O)(=O)c3ccccn3)c(F)c2)nc2cnc(N[C@H]3CC[C@H](N(C)C)CC3)nc12. The van der Waals surface area contributed by atoms with E-state index in [0.717, 1.165) is 36.8 Å². The molecule has 0 spiro atoms. The lowest BCUT2D eigenvalue weighted by molar-refractivity contribution is 0.221. The maximum Gasteiger partial charge on any atom is 0.279 e. The number of anilines is 2. The first kappa shape index (κ1) is 25.9. The van der Waals surface area contributed by atoms with Crippen LogP contribution in [0, 0.1) is 12.7 Å². The minimum atomic E-state index is -4.01. The predicted molar refractivity (Wildman–Crippen MR) is 146 cm³/mol. The molecule has 1 aliphatic carbocycles. The summed E-state index contributed by atoms with van der Waals surface area (Å²) in [4.78, 5) is 19.9. The normalized spacial score (nSPS) is 18.0. The Balaban J connectivity index is 1.34. The van der Waals surface area contributed by atoms with Gasteiger partial charge >= 0.3 is 0 Å². The third kappa shape index (κ3) is 5.58. The predicted octanol–water partition coefficient (Wildman–Crippen LogP) is 4.62. The summed E-state index contributed by atoms with van der Waals surface area (Å²) in [7, 11) is 0.244. The lowest BCUT2D eigenvalue weighted by Crippen LogP contribution is -2.36. The number of rotatable bonds is 7. The van der Waals surface area contributed by atoms with Crippen molar-refractivity contribution in [2.75, 3.05) is 24.1 Å². The molecule has 3 heterocycles. The minimum absolute atomic E-state index is 0.171. The Morgan fingerprint density at radius 2 is 1.79 bits per heavy atom. The molecule has 0 bridgehead atoms. The van der Waals surface area contributed by atoms with Gasteiger partial charge in [-0.3, -0.25) is 4.72 Å². The van der Waals surface area contributed by atoms with Crippen LogP contribution in [-0.4, -0.2) is 59.4 Å². The molecule has 1 saturated carbocycles. The molecular formula is C27H30FN7O2S. The number of benzene rings is 1. The Bertz CT molecular complexity index is 1560. The van der Waals surface area contributed by atoms with Crippen LogP contribution in [0.25, 0.3) is 22.3 Å². The number of halogens is 1. The van der Waals surface area contributed by atoms with Gasteiger partial charge in [0.05, 0.1) is 23.1 Å². The number of sulfonamides is 1. The van der Waals surface area contributed by atoms with Gasteiger partial charge in [0.15, 0.2) is 5.03 Å². The zero-order valence-electron chi connectivity index (χ0n) is 21.5. The van der Waals surface area contributed by atoms with Gasteiger partial charge in [-0.2, -0.15) is 8.42 Å². The van der Waals surface area contributed by atoms with Crippen LogP contribution in [0.2, 0.25) is 0 Å². The first-order chi connectivity index (χ1) is 18.2. The van der Waals surface area contributed by atoms with Crippen molar-refractivity contribution in [2.45, 2.75) is 49.7 Å². The molecule has 0 aliphatic heterocycles. The highest BCUT2D eigenvalue weighted by atomic mass is 32.2. The van der Waals surface area contributed by atoms with Crippen LogP contribution in [0.1, 0.15) is 31.2 Å². The van der Waals surface area contributed by atoms with Crippen LogP contribution < -0.4 is 10.0 Å². The number of hydrogen-bond acceptors (Lipinski definition) is 8. The Labute approximate surface area is 221 Å². The summed E-state index contributed by atoms with van der Waals surface area (Å²) < 4.78 is 42.2. The molecule has 1 fully saturated rings. The first-order valence-corrected chi connectivity index (χ1v) is 14.0. The van der Waals surface area contributed by atoms with Gasteiger partial charge in [-0.15, -0.1) is 0 Å². The third-order valence-corrected chi connectivity index (χ3v) is 8.20. The molecular weight excluding hydrogens is 505 g/mol. The number of hydrogen-bond donors (Lipinski definition) is 2. The first-order valence-electron chi connectivity index (χ1n) is 12.5. The third-order valence-electron chi connectivity index (χ3n) is 6.92. The fraction of sp³-hybridized carbons (Fsp3) is 0.333. The van der Waals surface area contributed by atoms with Crippen molar-refractivity contribution >= 4 is 32.7 Å². The van der Waals surface area contributed by atoms with Gasteiger partial charge in [0, 0.05) is 23.8 Å². The van der Waals surface area contributed by atoms with Gasteiger partial charge in [0.25, 0.3) is 10.0 Å². The second-order valence-electron chi connectivity index (χ2n) is 9.83. The van der Waals surface area contributed by atoms with Crippen molar-refractivity contribution in [3.8, 4) is 11.3 Å². The molecule has 5 rings (SSSR count). The monoisotopic (exact) mass is 535 g/mol. The molecule has 9 nitrogen and oxygen atoms in total. The van der Waals surface area contributed by atoms with Crippen LogP contribution in [0.15, 0.2) is 59.9 Å². The highest BCUT2D eigenvalue weighted by molar-refractivity contribution is 7.92. The van der Waals surface area contributed by atoms with Crippen LogP contribution in [0.3, 0.4) is 0 Å². The number of aryl methyl sites for hydroxylation is 1. The van der Waals surface area contributed by atoms with Crippen molar-refractivity contribution < 1.29 is 12.8 Å². The van der Waals surface area contributed by atoms with E-state index in [1.165, 1.54) is 24.4 Å². The molecule has 2 N–H and O–H groups in total. The molecule has 1 aliphatic rings. The average molecular weight is 536 g/mol. The number of nitrogens with zero attached hydrogens (tertiary/aromatic N) is 5. The summed E-state index contributed by atoms with van der Waals surface area (Å²) in [6.45, 7) is 1.93. The molecule has 38 heavy (non-hydrogen) atoms. The molecule has 1 aromatic carbocycles. The molecule has 3 aromatic heterocycles. The Morgan fingerprint density at radius 1 is 1.00 bits per heavy atom. The quantitative estimate of drug-likeness (QED) is 0.353. The van der Waals surface area contributed by atoms with E-state index < -0.39 is 15.8 Å². The number of nitrogens with one attached hydrogen (secondary N) is 2. The number of aromatic nitrogens is 4. The Kier molecular flexibility index (Phi) is 7.22. The van der Waals surface area contributed by atoms with E-state index in [1.54, 1.807) is 24.4 Å². The summed E-state index contributed by atoms with van der Waals surface area (Å²) >= 11 is 0. The molecule has 0 radical (unpaired) electrons. The molecule has 4 aromatic rings. The maximum absolute atomic E-state index is 14.9. The standard InChI is InChI=1S/C27H30FN7O2S/c1-17-14-23(18-7-12-22(21(28)15-18)34-38(36,37)25-6-4-5-13-29-25)32-24-16-30-27(33-26(17)24)31-19-8-10-20(11-9-19)35(2)3/h4-7,12-16,19-20,34H,8-11H2,1-3H3,(H,30,31,33)/t19-,20-. The molecule has 0 saturated heterocycles. The van der Waals surface area contributed by atoms with E-state index in [9.17, 15) is 12.8 Å². The van der Waals surface area contributed by atoms with Gasteiger partial charge in [-0.1, -0.05) is 12.1 Å². The largest absolute Gasteiger partial charge is 0.351 e. The van der Waals surface area contributed by atoms with E-state index >= 15 is 0 Å². The lowest BCUT2D eigenvalue weighted by atomic mass is 9.91. The summed E-state index contributed by atoms with van der Waals surface area (Å²) in [6.07, 6.45) is 7.46. The van der Waals surface area contributed by atoms with E-state index in [0.29, 0.717) is 34.8 Å². The Hall–Kier alpha value is -3.70. The molecule has 0 amide bonds. The summed E-state index contributed by atoms with van der Waals surface area (Å²) in [5, 5.41) is 3.28. The van der Waals surface area contributed by atoms with Crippen molar-refractivity contribution in [2.24, 2.45) is 0 Å². The van der Waals surface area contributed by atoms with E-state index in [4.69, 9.17) is 4.98 Å². The van der Waals surface area contributed by atoms with Crippen molar-refractivity contribution in [1.82, 2.24) is 24.8 Å². The van der Waals surface area contributed by atoms with Gasteiger partial charge < -0.3 is 10.2 Å². The average Bonchev–Trinajstić information content (AvgIpc) is 2.91. The lowest BCUT2D eigenvalue weighted by Gasteiger charge is -2.32. The van der Waals surface area contributed by atoms with Gasteiger partial charge in [-0.25, -0.2) is 24.3 Å². The summed E-state index contributed by atoms with van der Waals surface area (Å²) in [6, 6.07) is 11.5. The highest BCUT2D eigenvalue weighted by Crippen LogP contribution is 2.28. The summed E-state index contributed by atoms with van der Waals surface area (Å²) in [5.41, 5.74) is 3.09. The maximum atomic E-state index is 14.9. The molecule has 0 atom stereocenters. The van der Waals surface area contributed by atoms with Crippen LogP contribution in [-0.2, 0) is 10.0 Å². The zero-order chi connectivity index (χ0) is 26.9. The minimum Gasteiger partial charge on any atom is -0.351 e. The van der Waals surface area contributed by atoms with Gasteiger partial charge in [-0.05, 0) is 82.6 Å². The fourth-order valence-electron chi connectivity index (χ4n) is 4.78. The second kappa shape index (κ2) is 10.6. The van der Waals surface area contributed by atoms with E-state index in [1.807, 2.05) is 13.0 Å². The number of fused-ring (bicyclic) bond motifs is 1. The smallest absolute Gasteiger partial charge is 0.279 e. The van der Waals surface area contributed by atoms with E-state index in [-0.39, 0.29) is 10.7 Å². The number of pyridine rings is 2. The molecule has 11 heteroatoms. The van der Waals surface area contributed by atoms with Crippen molar-refractivity contribution in [3.63, 3.8) is 0 Å². The second-order valence-corrected chi connectivity index (χ2v) is 11.5. The van der Waals surface area contributed by atoms with Gasteiger partial charge in [0.2, 0.25) is 5.95 Å². The van der Waals surface area contributed by atoms with Gasteiger partial charge in [0.1, 0.15) is 11.3 Å². The van der Waals surface area contributed by atoms with Crippen LogP contribution in [0.4, 0.5) is 16.0 Å². The zero-order valence-corrected chi connectivity index (χ0v) is 22.3. The molecule has 198 valence electrons. The summed E-state index contributed by atoms with van der Waals surface area (Å²) in [5.74, 6) is -0.139. The van der Waals surface area contributed by atoms with Crippen molar-refractivity contribution in [1.29, 1.82) is 0 Å².